The standard InChI is InChI=1S/C15H25N3O2/c1-15(2,3)20-14-12(16)4-5-13(17-14)18-8-6-11(10-19)7-9-18/h4-5,11,19H,6-10,16H2,1-3H3. The summed E-state index contributed by atoms with van der Waals surface area (Å²) in [6.07, 6.45) is 2.00. The van der Waals surface area contributed by atoms with Crippen LogP contribution in [0, 0.1) is 5.92 Å². The van der Waals surface area contributed by atoms with E-state index < -0.39 is 0 Å². The normalized spacial score (nSPS) is 17.3. The molecule has 0 aliphatic carbocycles. The molecule has 0 spiro atoms. The third-order valence-corrected chi connectivity index (χ3v) is 3.47. The number of rotatable bonds is 3. The molecule has 3 N–H and O–H groups in total. The molecule has 1 fully saturated rings. The summed E-state index contributed by atoms with van der Waals surface area (Å²) in [5.74, 6) is 1.82. The molecule has 0 bridgehead atoms. The molecule has 112 valence electrons. The average Bonchev–Trinajstić information content (AvgIpc) is 2.40. The second-order valence-electron chi connectivity index (χ2n) is 6.39. The van der Waals surface area contributed by atoms with Crippen LogP contribution >= 0.6 is 0 Å². The molecule has 0 amide bonds. The van der Waals surface area contributed by atoms with Crippen LogP contribution in [0.2, 0.25) is 0 Å². The number of anilines is 2. The number of aromatic nitrogens is 1. The number of nitrogens with zero attached hydrogens (tertiary/aromatic N) is 2. The van der Waals surface area contributed by atoms with Gasteiger partial charge in [0.15, 0.2) is 0 Å². The number of pyridine rings is 1. The van der Waals surface area contributed by atoms with Crippen molar-refractivity contribution in [1.29, 1.82) is 0 Å². The molecule has 20 heavy (non-hydrogen) atoms. The molecule has 5 nitrogen and oxygen atoms in total. The van der Waals surface area contributed by atoms with E-state index in [9.17, 15) is 5.11 Å². The van der Waals surface area contributed by atoms with Crippen molar-refractivity contribution in [3.05, 3.63) is 12.1 Å². The van der Waals surface area contributed by atoms with Gasteiger partial charge in [-0.3, -0.25) is 0 Å². The van der Waals surface area contributed by atoms with Gasteiger partial charge in [0.2, 0.25) is 5.88 Å². The maximum absolute atomic E-state index is 9.19. The Balaban J connectivity index is 2.11. The van der Waals surface area contributed by atoms with E-state index in [4.69, 9.17) is 10.5 Å². The van der Waals surface area contributed by atoms with Crippen molar-refractivity contribution in [1.82, 2.24) is 4.98 Å². The molecule has 0 radical (unpaired) electrons. The Morgan fingerprint density at radius 2 is 2.00 bits per heavy atom. The highest BCUT2D eigenvalue weighted by molar-refractivity contribution is 5.54. The number of nitrogen functional groups attached to an aromatic ring is 1. The number of ether oxygens (including phenoxy) is 1. The summed E-state index contributed by atoms with van der Waals surface area (Å²) in [4.78, 5) is 6.77. The van der Waals surface area contributed by atoms with E-state index in [1.807, 2.05) is 32.9 Å². The van der Waals surface area contributed by atoms with Crippen molar-refractivity contribution < 1.29 is 9.84 Å². The van der Waals surface area contributed by atoms with Gasteiger partial charge in [0.25, 0.3) is 0 Å². The lowest BCUT2D eigenvalue weighted by molar-refractivity contribution is 0.125. The lowest BCUT2D eigenvalue weighted by Crippen LogP contribution is -2.35. The zero-order valence-electron chi connectivity index (χ0n) is 12.6. The monoisotopic (exact) mass is 279 g/mol. The maximum Gasteiger partial charge on any atom is 0.239 e. The van der Waals surface area contributed by atoms with Gasteiger partial charge in [-0.05, 0) is 51.7 Å². The van der Waals surface area contributed by atoms with Gasteiger partial charge in [-0.2, -0.15) is 4.98 Å². The molecule has 2 heterocycles. The van der Waals surface area contributed by atoms with Gasteiger partial charge < -0.3 is 20.5 Å². The first-order valence-electron chi connectivity index (χ1n) is 7.20. The Kier molecular flexibility index (Phi) is 4.38. The minimum Gasteiger partial charge on any atom is -0.470 e. The van der Waals surface area contributed by atoms with Crippen molar-refractivity contribution in [2.24, 2.45) is 5.92 Å². The Morgan fingerprint density at radius 3 is 2.55 bits per heavy atom. The SMILES string of the molecule is CC(C)(C)Oc1nc(N2CCC(CO)CC2)ccc1N. The summed E-state index contributed by atoms with van der Waals surface area (Å²) < 4.78 is 5.80. The molecule has 5 heteroatoms. The number of aliphatic hydroxyl groups excluding tert-OH is 1. The van der Waals surface area contributed by atoms with Gasteiger partial charge in [-0.1, -0.05) is 0 Å². The quantitative estimate of drug-likeness (QED) is 0.886. The minimum atomic E-state index is -0.316. The number of hydrogen-bond donors (Lipinski definition) is 2. The van der Waals surface area contributed by atoms with Crippen LogP contribution in [-0.4, -0.2) is 35.4 Å². The summed E-state index contributed by atoms with van der Waals surface area (Å²) in [6, 6.07) is 3.78. The van der Waals surface area contributed by atoms with E-state index in [0.717, 1.165) is 31.7 Å². The van der Waals surface area contributed by atoms with Gasteiger partial charge in [0.1, 0.15) is 11.4 Å². The van der Waals surface area contributed by atoms with Crippen LogP contribution in [0.3, 0.4) is 0 Å². The Labute approximate surface area is 120 Å². The summed E-state index contributed by atoms with van der Waals surface area (Å²) >= 11 is 0. The summed E-state index contributed by atoms with van der Waals surface area (Å²) in [5, 5.41) is 9.19. The number of aliphatic hydroxyl groups is 1. The third-order valence-electron chi connectivity index (χ3n) is 3.47. The zero-order valence-corrected chi connectivity index (χ0v) is 12.6. The molecule has 0 unspecified atom stereocenters. The maximum atomic E-state index is 9.19. The van der Waals surface area contributed by atoms with Crippen LogP contribution in [-0.2, 0) is 0 Å². The molecule has 1 aliphatic rings. The first-order chi connectivity index (χ1) is 9.39. The lowest BCUT2D eigenvalue weighted by Gasteiger charge is -2.32. The number of hydrogen-bond acceptors (Lipinski definition) is 5. The van der Waals surface area contributed by atoms with E-state index in [1.54, 1.807) is 0 Å². The van der Waals surface area contributed by atoms with E-state index in [2.05, 4.69) is 9.88 Å². The van der Waals surface area contributed by atoms with Crippen molar-refractivity contribution in [3.8, 4) is 5.88 Å². The molecule has 1 saturated heterocycles. The van der Waals surface area contributed by atoms with Crippen molar-refractivity contribution >= 4 is 11.5 Å². The smallest absolute Gasteiger partial charge is 0.239 e. The highest BCUT2D eigenvalue weighted by Crippen LogP contribution is 2.28. The van der Waals surface area contributed by atoms with Crippen LogP contribution in [0.4, 0.5) is 11.5 Å². The predicted octanol–water partition coefficient (Wildman–Crippen LogP) is 2.05. The van der Waals surface area contributed by atoms with Gasteiger partial charge in [0.05, 0.1) is 5.69 Å². The summed E-state index contributed by atoms with van der Waals surface area (Å²) in [5.41, 5.74) is 6.18. The summed E-state index contributed by atoms with van der Waals surface area (Å²) in [7, 11) is 0. The van der Waals surface area contributed by atoms with Crippen LogP contribution in [0.15, 0.2) is 12.1 Å². The molecule has 1 aliphatic heterocycles. The fourth-order valence-electron chi connectivity index (χ4n) is 2.33. The Bertz CT molecular complexity index is 449. The lowest BCUT2D eigenvalue weighted by atomic mass is 9.98. The van der Waals surface area contributed by atoms with Crippen LogP contribution < -0.4 is 15.4 Å². The molecule has 0 atom stereocenters. The van der Waals surface area contributed by atoms with E-state index in [0.29, 0.717) is 17.5 Å². The minimum absolute atomic E-state index is 0.279. The Morgan fingerprint density at radius 1 is 1.35 bits per heavy atom. The largest absolute Gasteiger partial charge is 0.470 e. The van der Waals surface area contributed by atoms with E-state index in [1.165, 1.54) is 0 Å². The van der Waals surface area contributed by atoms with Gasteiger partial charge in [0, 0.05) is 19.7 Å². The Hall–Kier alpha value is -1.49. The molecule has 2 rings (SSSR count). The second kappa shape index (κ2) is 5.87. The average molecular weight is 279 g/mol. The molecule has 1 aromatic heterocycles. The molecule has 0 saturated carbocycles. The molecular weight excluding hydrogens is 254 g/mol. The fraction of sp³-hybridized carbons (Fsp3) is 0.667. The van der Waals surface area contributed by atoms with Crippen LogP contribution in [0.25, 0.3) is 0 Å². The topological polar surface area (TPSA) is 71.6 Å². The molecule has 0 aromatic carbocycles. The highest BCUT2D eigenvalue weighted by atomic mass is 16.5. The second-order valence-corrected chi connectivity index (χ2v) is 6.39. The van der Waals surface area contributed by atoms with Crippen molar-refractivity contribution in [2.45, 2.75) is 39.2 Å². The van der Waals surface area contributed by atoms with Gasteiger partial charge in [-0.25, -0.2) is 0 Å². The summed E-state index contributed by atoms with van der Waals surface area (Å²) in [6.45, 7) is 8.05. The fourth-order valence-corrected chi connectivity index (χ4v) is 2.33. The van der Waals surface area contributed by atoms with Crippen LogP contribution in [0.1, 0.15) is 33.6 Å². The predicted molar refractivity (Wildman–Crippen MR) is 81.1 cm³/mol. The first-order valence-corrected chi connectivity index (χ1v) is 7.20. The van der Waals surface area contributed by atoms with Crippen molar-refractivity contribution in [2.75, 3.05) is 30.3 Å². The first kappa shape index (κ1) is 14.9. The zero-order chi connectivity index (χ0) is 14.8. The number of nitrogens with two attached hydrogens (primary N) is 1. The molecule has 1 aromatic rings. The van der Waals surface area contributed by atoms with Crippen LogP contribution in [0.5, 0.6) is 5.88 Å². The highest BCUT2D eigenvalue weighted by Gasteiger charge is 2.21. The number of piperidine rings is 1. The third kappa shape index (κ3) is 3.76. The molecular formula is C15H25N3O2. The van der Waals surface area contributed by atoms with Gasteiger partial charge >= 0.3 is 0 Å². The van der Waals surface area contributed by atoms with Gasteiger partial charge in [-0.15, -0.1) is 0 Å². The van der Waals surface area contributed by atoms with E-state index >= 15 is 0 Å². The van der Waals surface area contributed by atoms with E-state index in [-0.39, 0.29) is 12.2 Å². The van der Waals surface area contributed by atoms with Crippen molar-refractivity contribution in [3.63, 3.8) is 0 Å².